The minimum absolute atomic E-state index is 0.0362. The van der Waals surface area contributed by atoms with Gasteiger partial charge in [0.1, 0.15) is 17.2 Å². The number of hydrogen-bond acceptors (Lipinski definition) is 4. The minimum Gasteiger partial charge on any atom is -0.438 e. The van der Waals surface area contributed by atoms with Crippen LogP contribution in [-0.4, -0.2) is 4.98 Å². The van der Waals surface area contributed by atoms with Crippen LogP contribution in [0.4, 0.5) is 0 Å². The van der Waals surface area contributed by atoms with Crippen molar-refractivity contribution < 1.29 is 4.74 Å². The Kier molecular flexibility index (Phi) is 3.76. The molecule has 6 heteroatoms. The smallest absolute Gasteiger partial charge is 0.205 e. The molecule has 0 aliphatic carbocycles. The molecular weight excluding hydrogens is 357 g/mol. The number of pyridine rings is 1. The molecule has 1 aliphatic rings. The monoisotopic (exact) mass is 367 g/mol. The average molecular weight is 368 g/mol. The average Bonchev–Trinajstić information content (AvgIpc) is 2.61. The van der Waals surface area contributed by atoms with Crippen LogP contribution in [0.1, 0.15) is 17.0 Å². The van der Waals surface area contributed by atoms with Crippen LogP contribution >= 0.6 is 23.2 Å². The quantitative estimate of drug-likeness (QED) is 0.672. The molecule has 1 atom stereocenters. The summed E-state index contributed by atoms with van der Waals surface area (Å²) in [4.78, 5) is 4.40. The van der Waals surface area contributed by atoms with Crippen LogP contribution < -0.4 is 10.5 Å². The van der Waals surface area contributed by atoms with Crippen LogP contribution in [0.3, 0.4) is 0 Å². The molecule has 0 radical (unpaired) electrons. The van der Waals surface area contributed by atoms with Gasteiger partial charge in [-0.3, -0.25) is 4.98 Å². The second kappa shape index (κ2) is 5.96. The van der Waals surface area contributed by atoms with Crippen LogP contribution in [0.2, 0.25) is 10.0 Å². The van der Waals surface area contributed by atoms with Crippen LogP contribution in [0.25, 0.3) is 10.9 Å². The SMILES string of the molecule is N#CC1=C(N)Oc2c(ccc3cccnc23)[C@H]1c1c(Cl)cccc1Cl. The first-order valence-electron chi connectivity index (χ1n) is 7.51. The molecule has 0 spiro atoms. The van der Waals surface area contributed by atoms with Gasteiger partial charge in [-0.1, -0.05) is 47.5 Å². The highest BCUT2D eigenvalue weighted by atomic mass is 35.5. The fourth-order valence-electron chi connectivity index (χ4n) is 3.14. The Balaban J connectivity index is 2.07. The van der Waals surface area contributed by atoms with E-state index in [4.69, 9.17) is 33.7 Å². The fraction of sp³-hybridized carbons (Fsp3) is 0.0526. The molecule has 0 amide bonds. The molecule has 2 N–H and O–H groups in total. The summed E-state index contributed by atoms with van der Waals surface area (Å²) in [7, 11) is 0. The van der Waals surface area contributed by atoms with Crippen molar-refractivity contribution in [2.24, 2.45) is 5.73 Å². The molecule has 4 nitrogen and oxygen atoms in total. The van der Waals surface area contributed by atoms with Crippen molar-refractivity contribution in [3.05, 3.63) is 81.3 Å². The zero-order valence-corrected chi connectivity index (χ0v) is 14.3. The Labute approximate surface area is 154 Å². The van der Waals surface area contributed by atoms with Crippen LogP contribution in [0.5, 0.6) is 5.75 Å². The van der Waals surface area contributed by atoms with E-state index >= 15 is 0 Å². The third-order valence-electron chi connectivity index (χ3n) is 4.24. The molecule has 1 aliphatic heterocycles. The lowest BCUT2D eigenvalue weighted by molar-refractivity contribution is 0.397. The molecule has 2 heterocycles. The Morgan fingerprint density at radius 3 is 2.56 bits per heavy atom. The van der Waals surface area contributed by atoms with Crippen molar-refractivity contribution in [2.75, 3.05) is 0 Å². The van der Waals surface area contributed by atoms with Gasteiger partial charge in [0.2, 0.25) is 5.88 Å². The molecule has 0 unspecified atom stereocenters. The normalized spacial score (nSPS) is 16.3. The highest BCUT2D eigenvalue weighted by Crippen LogP contribution is 2.48. The maximum Gasteiger partial charge on any atom is 0.205 e. The highest BCUT2D eigenvalue weighted by Gasteiger charge is 2.34. The van der Waals surface area contributed by atoms with Crippen LogP contribution in [-0.2, 0) is 0 Å². The maximum atomic E-state index is 9.64. The van der Waals surface area contributed by atoms with Gasteiger partial charge in [-0.05, 0) is 18.2 Å². The lowest BCUT2D eigenvalue weighted by Crippen LogP contribution is -2.21. The number of nitriles is 1. The topological polar surface area (TPSA) is 71.9 Å². The van der Waals surface area contributed by atoms with E-state index in [0.29, 0.717) is 26.9 Å². The summed E-state index contributed by atoms with van der Waals surface area (Å²) >= 11 is 12.8. The van der Waals surface area contributed by atoms with E-state index in [0.717, 1.165) is 10.9 Å². The number of nitrogens with two attached hydrogens (primary N) is 1. The van der Waals surface area contributed by atoms with Crippen molar-refractivity contribution in [3.8, 4) is 11.8 Å². The molecular formula is C19H11Cl2N3O. The van der Waals surface area contributed by atoms with Gasteiger partial charge in [-0.25, -0.2) is 0 Å². The summed E-state index contributed by atoms with van der Waals surface area (Å²) in [6.45, 7) is 0. The van der Waals surface area contributed by atoms with Gasteiger partial charge in [0, 0.05) is 32.8 Å². The molecule has 0 bridgehead atoms. The molecule has 25 heavy (non-hydrogen) atoms. The third-order valence-corrected chi connectivity index (χ3v) is 4.90. The zero-order chi connectivity index (χ0) is 17.6. The fourth-order valence-corrected chi connectivity index (χ4v) is 3.75. The van der Waals surface area contributed by atoms with Crippen LogP contribution in [0.15, 0.2) is 60.1 Å². The van der Waals surface area contributed by atoms with E-state index in [1.807, 2.05) is 24.3 Å². The van der Waals surface area contributed by atoms with E-state index in [-0.39, 0.29) is 11.5 Å². The van der Waals surface area contributed by atoms with Crippen molar-refractivity contribution in [1.82, 2.24) is 4.98 Å². The number of allylic oxidation sites excluding steroid dienone is 1. The van der Waals surface area contributed by atoms with Crippen LogP contribution in [0, 0.1) is 11.3 Å². The Bertz CT molecular complexity index is 1070. The van der Waals surface area contributed by atoms with E-state index in [1.165, 1.54) is 0 Å². The summed E-state index contributed by atoms with van der Waals surface area (Å²) in [5, 5.41) is 11.5. The van der Waals surface area contributed by atoms with Gasteiger partial charge in [-0.2, -0.15) is 5.26 Å². The van der Waals surface area contributed by atoms with E-state index in [9.17, 15) is 5.26 Å². The molecule has 1 aromatic heterocycles. The van der Waals surface area contributed by atoms with Crippen molar-refractivity contribution in [2.45, 2.75) is 5.92 Å². The number of nitrogens with zero attached hydrogens (tertiary/aromatic N) is 2. The van der Waals surface area contributed by atoms with Gasteiger partial charge in [0.15, 0.2) is 5.75 Å². The number of fused-ring (bicyclic) bond motifs is 3. The first-order valence-corrected chi connectivity index (χ1v) is 8.26. The third kappa shape index (κ3) is 2.41. The molecule has 3 aromatic rings. The van der Waals surface area contributed by atoms with Gasteiger partial charge in [0.25, 0.3) is 0 Å². The van der Waals surface area contributed by atoms with Gasteiger partial charge in [0.05, 0.1) is 5.92 Å². The zero-order valence-electron chi connectivity index (χ0n) is 12.8. The van der Waals surface area contributed by atoms with E-state index < -0.39 is 5.92 Å². The number of halogens is 2. The number of ether oxygens (including phenoxy) is 1. The van der Waals surface area contributed by atoms with Crippen molar-refractivity contribution >= 4 is 34.1 Å². The largest absolute Gasteiger partial charge is 0.438 e. The summed E-state index contributed by atoms with van der Waals surface area (Å²) < 4.78 is 5.77. The second-order valence-electron chi connectivity index (χ2n) is 5.62. The number of benzene rings is 2. The summed E-state index contributed by atoms with van der Waals surface area (Å²) in [6.07, 6.45) is 1.68. The molecule has 0 saturated carbocycles. The van der Waals surface area contributed by atoms with E-state index in [1.54, 1.807) is 24.4 Å². The summed E-state index contributed by atoms with van der Waals surface area (Å²) in [5.41, 5.74) is 8.38. The molecule has 0 saturated heterocycles. The Morgan fingerprint density at radius 2 is 1.84 bits per heavy atom. The minimum atomic E-state index is -0.513. The molecule has 0 fully saturated rings. The lowest BCUT2D eigenvalue weighted by Gasteiger charge is -2.28. The first-order chi connectivity index (χ1) is 12.1. The van der Waals surface area contributed by atoms with Crippen molar-refractivity contribution in [3.63, 3.8) is 0 Å². The van der Waals surface area contributed by atoms with Crippen molar-refractivity contribution in [1.29, 1.82) is 5.26 Å². The Hall–Kier alpha value is -2.74. The predicted octanol–water partition coefficient (Wildman–Crippen LogP) is 4.76. The number of aromatic nitrogens is 1. The van der Waals surface area contributed by atoms with Gasteiger partial charge in [-0.15, -0.1) is 0 Å². The number of rotatable bonds is 1. The maximum absolute atomic E-state index is 9.64. The Morgan fingerprint density at radius 1 is 1.08 bits per heavy atom. The number of hydrogen-bond donors (Lipinski definition) is 1. The summed E-state index contributed by atoms with van der Waals surface area (Å²) in [5.74, 6) is 0.0473. The highest BCUT2D eigenvalue weighted by molar-refractivity contribution is 6.36. The second-order valence-corrected chi connectivity index (χ2v) is 6.43. The van der Waals surface area contributed by atoms with Gasteiger partial charge < -0.3 is 10.5 Å². The molecule has 2 aromatic carbocycles. The summed E-state index contributed by atoms with van der Waals surface area (Å²) in [6, 6.07) is 15.0. The molecule has 122 valence electrons. The standard InChI is InChI=1S/C19H11Cl2N3O/c20-13-4-1-5-14(21)16(13)15-11-7-6-10-3-2-8-24-17(10)18(11)25-19(23)12(15)9-22/h1-8,15H,23H2/t15-/m1/s1. The lowest BCUT2D eigenvalue weighted by atomic mass is 9.83. The van der Waals surface area contributed by atoms with Gasteiger partial charge >= 0.3 is 0 Å². The first kappa shape index (κ1) is 15.8. The van der Waals surface area contributed by atoms with E-state index in [2.05, 4.69) is 11.1 Å². The molecule has 4 rings (SSSR count). The predicted molar refractivity (Wildman–Crippen MR) is 97.5 cm³/mol.